The van der Waals surface area contributed by atoms with E-state index in [-0.39, 0.29) is 11.5 Å². The molecule has 0 N–H and O–H groups in total. The molecule has 1 heterocycles. The smallest absolute Gasteiger partial charge is 0.384 e. The molecule has 3 heteroatoms. The maximum Gasteiger partial charge on any atom is 0.384 e. The molecule has 1 saturated heterocycles. The van der Waals surface area contributed by atoms with Crippen molar-refractivity contribution in [2.75, 3.05) is 6.61 Å². The first kappa shape index (κ1) is 16.9. The molecule has 2 aromatic carbocycles. The van der Waals surface area contributed by atoms with Crippen molar-refractivity contribution in [2.24, 2.45) is 0 Å². The Balaban J connectivity index is 1.63. The van der Waals surface area contributed by atoms with Gasteiger partial charge in [0.05, 0.1) is 6.61 Å². The normalized spacial score (nSPS) is 25.3. The SMILES string of the molecule is CCOC(=O)C#C[C@]12CCC(c3ccccc3)(c3ccccc3)C[C@@H]1O2. The summed E-state index contributed by atoms with van der Waals surface area (Å²) in [5, 5.41) is 0. The summed E-state index contributed by atoms with van der Waals surface area (Å²) < 4.78 is 10.9. The lowest BCUT2D eigenvalue weighted by atomic mass is 9.63. The van der Waals surface area contributed by atoms with E-state index in [0.29, 0.717) is 6.61 Å². The fraction of sp³-hybridized carbons (Fsp3) is 0.348. The van der Waals surface area contributed by atoms with Crippen LogP contribution in [0.2, 0.25) is 0 Å². The first-order chi connectivity index (χ1) is 12.7. The average Bonchev–Trinajstić information content (AvgIpc) is 3.41. The fourth-order valence-electron chi connectivity index (χ4n) is 4.17. The average molecular weight is 346 g/mol. The second kappa shape index (κ2) is 6.63. The summed E-state index contributed by atoms with van der Waals surface area (Å²) >= 11 is 0. The molecule has 26 heavy (non-hydrogen) atoms. The minimum Gasteiger partial charge on any atom is -0.456 e. The number of fused-ring (bicyclic) bond motifs is 1. The highest BCUT2D eigenvalue weighted by Gasteiger charge is 2.62. The van der Waals surface area contributed by atoms with Crippen LogP contribution in [0.1, 0.15) is 37.3 Å². The zero-order valence-corrected chi connectivity index (χ0v) is 14.9. The Morgan fingerprint density at radius 3 is 2.23 bits per heavy atom. The van der Waals surface area contributed by atoms with Crippen LogP contribution in [-0.2, 0) is 19.7 Å². The van der Waals surface area contributed by atoms with E-state index in [1.165, 1.54) is 11.1 Å². The minimum atomic E-state index is -0.473. The van der Waals surface area contributed by atoms with Crippen molar-refractivity contribution in [1.29, 1.82) is 0 Å². The summed E-state index contributed by atoms with van der Waals surface area (Å²) in [6.07, 6.45) is 2.68. The van der Waals surface area contributed by atoms with Gasteiger partial charge in [0.15, 0.2) is 5.60 Å². The molecule has 0 aromatic heterocycles. The number of carbonyl (C=O) groups excluding carboxylic acids is 1. The highest BCUT2D eigenvalue weighted by atomic mass is 16.6. The summed E-state index contributed by atoms with van der Waals surface area (Å²) in [4.78, 5) is 11.6. The van der Waals surface area contributed by atoms with Gasteiger partial charge < -0.3 is 9.47 Å². The maximum absolute atomic E-state index is 11.6. The van der Waals surface area contributed by atoms with Crippen molar-refractivity contribution in [3.8, 4) is 11.8 Å². The summed E-state index contributed by atoms with van der Waals surface area (Å²) in [6.45, 7) is 2.12. The summed E-state index contributed by atoms with van der Waals surface area (Å²) in [6, 6.07) is 21.3. The van der Waals surface area contributed by atoms with Crippen LogP contribution in [0.5, 0.6) is 0 Å². The summed E-state index contributed by atoms with van der Waals surface area (Å²) in [5.41, 5.74) is 2.08. The lowest BCUT2D eigenvalue weighted by Gasteiger charge is -2.38. The van der Waals surface area contributed by atoms with E-state index >= 15 is 0 Å². The zero-order chi connectivity index (χ0) is 18.0. The van der Waals surface area contributed by atoms with E-state index < -0.39 is 11.6 Å². The molecule has 2 aliphatic rings. The van der Waals surface area contributed by atoms with E-state index in [2.05, 4.69) is 60.4 Å². The van der Waals surface area contributed by atoms with Gasteiger partial charge in [0.25, 0.3) is 0 Å². The number of epoxide rings is 1. The van der Waals surface area contributed by atoms with Crippen LogP contribution in [0, 0.1) is 11.8 Å². The molecule has 4 rings (SSSR count). The van der Waals surface area contributed by atoms with Gasteiger partial charge in [-0.3, -0.25) is 0 Å². The van der Waals surface area contributed by atoms with Gasteiger partial charge in [0.2, 0.25) is 0 Å². The molecule has 132 valence electrons. The molecule has 1 aliphatic heterocycles. The third-order valence-corrected chi connectivity index (χ3v) is 5.58. The first-order valence-electron chi connectivity index (χ1n) is 9.17. The Labute approximate surface area is 154 Å². The zero-order valence-electron chi connectivity index (χ0n) is 14.9. The molecule has 1 aliphatic carbocycles. The fourth-order valence-corrected chi connectivity index (χ4v) is 4.17. The van der Waals surface area contributed by atoms with Gasteiger partial charge in [-0.15, -0.1) is 0 Å². The van der Waals surface area contributed by atoms with Crippen molar-refractivity contribution in [3.05, 3.63) is 71.8 Å². The van der Waals surface area contributed by atoms with E-state index in [1.54, 1.807) is 6.92 Å². The standard InChI is InChI=1S/C23H22O3/c1-2-25-21(24)13-14-23-16-15-22(17-20(23)26-23,18-9-5-3-6-10-18)19-11-7-4-8-12-19/h3-12,20H,2,15-17H2,1H3/t20-,23-/m0/s1. The van der Waals surface area contributed by atoms with Gasteiger partial charge in [-0.25, -0.2) is 4.79 Å². The maximum atomic E-state index is 11.6. The molecule has 0 bridgehead atoms. The highest BCUT2D eigenvalue weighted by Crippen LogP contribution is 2.56. The van der Waals surface area contributed by atoms with Gasteiger partial charge >= 0.3 is 5.97 Å². The second-order valence-corrected chi connectivity index (χ2v) is 6.98. The largest absolute Gasteiger partial charge is 0.456 e. The molecule has 3 nitrogen and oxygen atoms in total. The molecule has 0 radical (unpaired) electrons. The number of esters is 1. The predicted octanol–water partition coefficient (Wildman–Crippen LogP) is 3.86. The van der Waals surface area contributed by atoms with Gasteiger partial charge in [-0.05, 0) is 37.3 Å². The topological polar surface area (TPSA) is 38.8 Å². The Hall–Kier alpha value is -2.57. The van der Waals surface area contributed by atoms with Crippen LogP contribution in [0.15, 0.2) is 60.7 Å². The van der Waals surface area contributed by atoms with E-state index in [1.807, 2.05) is 12.1 Å². The van der Waals surface area contributed by atoms with E-state index in [9.17, 15) is 4.79 Å². The predicted molar refractivity (Wildman–Crippen MR) is 99.5 cm³/mol. The summed E-state index contributed by atoms with van der Waals surface area (Å²) in [7, 11) is 0. The lowest BCUT2D eigenvalue weighted by molar-refractivity contribution is -0.136. The minimum absolute atomic E-state index is 0.0542. The molecule has 2 fully saturated rings. The molecule has 2 atom stereocenters. The van der Waals surface area contributed by atoms with Crippen molar-refractivity contribution < 1.29 is 14.3 Å². The lowest BCUT2D eigenvalue weighted by Crippen LogP contribution is -2.37. The third kappa shape index (κ3) is 2.91. The summed E-state index contributed by atoms with van der Waals surface area (Å²) in [5.74, 6) is 5.18. The van der Waals surface area contributed by atoms with Crippen molar-refractivity contribution in [1.82, 2.24) is 0 Å². The Bertz CT molecular complexity index is 808. The molecule has 1 saturated carbocycles. The Kier molecular flexibility index (Phi) is 4.30. The quantitative estimate of drug-likeness (QED) is 0.367. The number of hydrogen-bond donors (Lipinski definition) is 0. The molecule has 0 spiro atoms. The van der Waals surface area contributed by atoms with Crippen LogP contribution in [-0.4, -0.2) is 24.3 Å². The van der Waals surface area contributed by atoms with Crippen LogP contribution < -0.4 is 0 Å². The monoisotopic (exact) mass is 346 g/mol. The number of carbonyl (C=O) groups is 1. The number of benzene rings is 2. The molecule has 2 aromatic rings. The molecular formula is C23H22O3. The van der Waals surface area contributed by atoms with E-state index in [4.69, 9.17) is 9.47 Å². The molecule has 0 unspecified atom stereocenters. The van der Waals surface area contributed by atoms with Crippen LogP contribution >= 0.6 is 0 Å². The second-order valence-electron chi connectivity index (χ2n) is 6.98. The van der Waals surface area contributed by atoms with Gasteiger partial charge in [-0.2, -0.15) is 0 Å². The van der Waals surface area contributed by atoms with Crippen molar-refractivity contribution in [2.45, 2.75) is 43.3 Å². The number of ether oxygens (including phenoxy) is 2. The van der Waals surface area contributed by atoms with Gasteiger partial charge in [0, 0.05) is 11.3 Å². The first-order valence-corrected chi connectivity index (χ1v) is 9.17. The van der Waals surface area contributed by atoms with Crippen molar-refractivity contribution >= 4 is 5.97 Å². The van der Waals surface area contributed by atoms with Crippen LogP contribution in [0.4, 0.5) is 0 Å². The van der Waals surface area contributed by atoms with Crippen molar-refractivity contribution in [3.63, 3.8) is 0 Å². The molecular weight excluding hydrogens is 324 g/mol. The third-order valence-electron chi connectivity index (χ3n) is 5.58. The molecule has 0 amide bonds. The highest BCUT2D eigenvalue weighted by molar-refractivity contribution is 5.88. The van der Waals surface area contributed by atoms with E-state index in [0.717, 1.165) is 19.3 Å². The Morgan fingerprint density at radius 2 is 1.69 bits per heavy atom. The van der Waals surface area contributed by atoms with Crippen LogP contribution in [0.3, 0.4) is 0 Å². The number of rotatable bonds is 3. The van der Waals surface area contributed by atoms with Gasteiger partial charge in [-0.1, -0.05) is 66.6 Å². The number of hydrogen-bond acceptors (Lipinski definition) is 3. The van der Waals surface area contributed by atoms with Gasteiger partial charge in [0.1, 0.15) is 6.10 Å². The van der Waals surface area contributed by atoms with Crippen LogP contribution in [0.25, 0.3) is 0 Å². The Morgan fingerprint density at radius 1 is 1.08 bits per heavy atom.